The molecule has 1 heterocycles. The van der Waals surface area contributed by atoms with Gasteiger partial charge in [0, 0.05) is 17.8 Å². The molecule has 0 unspecified atom stereocenters. The van der Waals surface area contributed by atoms with Crippen LogP contribution < -0.4 is 10.9 Å². The highest BCUT2D eigenvalue weighted by molar-refractivity contribution is 5.92. The number of carbonyl (C=O) groups excluding carboxylic acids is 1. The lowest BCUT2D eigenvalue weighted by Gasteiger charge is -2.14. The molecule has 7 nitrogen and oxygen atoms in total. The maximum Gasteiger partial charge on any atom is 0.407 e. The SMILES string of the molecule is O=C(NCC=Cc1ccc2oc(=O)c(C(=O)O)cc2c1)OCC1c2ccccc2-c2ccccc21. The Labute approximate surface area is 200 Å². The Hall–Kier alpha value is -4.65. The number of carboxylic acids is 1. The molecule has 1 aliphatic carbocycles. The van der Waals surface area contributed by atoms with Gasteiger partial charge in [-0.25, -0.2) is 14.4 Å². The van der Waals surface area contributed by atoms with Crippen molar-refractivity contribution in [3.63, 3.8) is 0 Å². The van der Waals surface area contributed by atoms with Crippen molar-refractivity contribution in [1.82, 2.24) is 5.32 Å². The molecular weight excluding hydrogens is 446 g/mol. The lowest BCUT2D eigenvalue weighted by atomic mass is 9.98. The normalized spacial score (nSPS) is 12.5. The molecule has 7 heteroatoms. The minimum atomic E-state index is -1.34. The lowest BCUT2D eigenvalue weighted by Crippen LogP contribution is -2.26. The largest absolute Gasteiger partial charge is 0.477 e. The van der Waals surface area contributed by atoms with Crippen molar-refractivity contribution < 1.29 is 23.8 Å². The minimum absolute atomic E-state index is 0.00274. The van der Waals surface area contributed by atoms with E-state index in [1.54, 1.807) is 30.4 Å². The topological polar surface area (TPSA) is 106 Å². The van der Waals surface area contributed by atoms with Crippen LogP contribution in [0.3, 0.4) is 0 Å². The van der Waals surface area contributed by atoms with Gasteiger partial charge in [0.2, 0.25) is 0 Å². The Morgan fingerprint density at radius 2 is 1.66 bits per heavy atom. The Balaban J connectivity index is 1.19. The number of fused-ring (bicyclic) bond motifs is 4. The zero-order valence-corrected chi connectivity index (χ0v) is 18.6. The molecule has 0 fully saturated rings. The third-order valence-corrected chi connectivity index (χ3v) is 6.00. The summed E-state index contributed by atoms with van der Waals surface area (Å²) in [5.74, 6) is -1.34. The first kappa shape index (κ1) is 22.2. The first-order chi connectivity index (χ1) is 17.0. The highest BCUT2D eigenvalue weighted by Gasteiger charge is 2.28. The van der Waals surface area contributed by atoms with Gasteiger partial charge in [0.25, 0.3) is 0 Å². The third-order valence-electron chi connectivity index (χ3n) is 6.00. The smallest absolute Gasteiger partial charge is 0.407 e. The maximum atomic E-state index is 12.3. The number of aromatic carboxylic acids is 1. The lowest BCUT2D eigenvalue weighted by molar-refractivity contribution is 0.0692. The zero-order chi connectivity index (χ0) is 24.4. The molecule has 0 bridgehead atoms. The second-order valence-corrected chi connectivity index (χ2v) is 8.16. The summed E-state index contributed by atoms with van der Waals surface area (Å²) in [6.45, 7) is 0.490. The zero-order valence-electron chi connectivity index (χ0n) is 18.6. The first-order valence-electron chi connectivity index (χ1n) is 11.1. The molecule has 0 atom stereocenters. The molecular formula is C28H21NO6. The fourth-order valence-corrected chi connectivity index (χ4v) is 4.38. The minimum Gasteiger partial charge on any atom is -0.477 e. The molecule has 1 aromatic heterocycles. The second kappa shape index (κ2) is 9.30. The van der Waals surface area contributed by atoms with Crippen molar-refractivity contribution in [3.05, 3.63) is 112 Å². The van der Waals surface area contributed by atoms with Crippen molar-refractivity contribution in [1.29, 1.82) is 0 Å². The number of ether oxygens (including phenoxy) is 1. The fraction of sp³-hybridized carbons (Fsp3) is 0.107. The van der Waals surface area contributed by atoms with E-state index in [0.717, 1.165) is 16.7 Å². The van der Waals surface area contributed by atoms with Gasteiger partial charge in [-0.05, 0) is 46.0 Å². The van der Waals surface area contributed by atoms with Crippen LogP contribution in [0.15, 0.2) is 88.1 Å². The molecule has 35 heavy (non-hydrogen) atoms. The Kier molecular flexibility index (Phi) is 5.89. The average Bonchev–Trinajstić information content (AvgIpc) is 3.18. The number of amides is 1. The molecule has 0 aliphatic heterocycles. The predicted octanol–water partition coefficient (Wildman–Crippen LogP) is 5.04. The van der Waals surface area contributed by atoms with Gasteiger partial charge in [-0.2, -0.15) is 0 Å². The van der Waals surface area contributed by atoms with Crippen LogP contribution in [0, 0.1) is 0 Å². The summed E-state index contributed by atoms with van der Waals surface area (Å²) >= 11 is 0. The maximum absolute atomic E-state index is 12.3. The standard InChI is InChI=1S/C28H21NO6/c30-26(31)23-15-18-14-17(11-12-25(18)35-27(23)32)6-5-13-29-28(33)34-16-24-21-9-3-1-7-19(21)20-8-2-4-10-22(20)24/h1-12,14-15,24H,13,16H2,(H,29,33)(H,30,31). The highest BCUT2D eigenvalue weighted by atomic mass is 16.5. The Morgan fingerprint density at radius 3 is 2.34 bits per heavy atom. The van der Waals surface area contributed by atoms with E-state index in [9.17, 15) is 14.4 Å². The van der Waals surface area contributed by atoms with Crippen LogP contribution in [0.5, 0.6) is 0 Å². The van der Waals surface area contributed by atoms with E-state index in [4.69, 9.17) is 14.3 Å². The van der Waals surface area contributed by atoms with E-state index in [0.29, 0.717) is 11.0 Å². The van der Waals surface area contributed by atoms with Gasteiger partial charge in [-0.15, -0.1) is 0 Å². The molecule has 4 aromatic rings. The third kappa shape index (κ3) is 4.44. The van der Waals surface area contributed by atoms with E-state index in [1.165, 1.54) is 17.2 Å². The van der Waals surface area contributed by atoms with Crippen LogP contribution in [0.2, 0.25) is 0 Å². The van der Waals surface area contributed by atoms with Crippen molar-refractivity contribution >= 4 is 29.1 Å². The molecule has 1 amide bonds. The summed E-state index contributed by atoms with van der Waals surface area (Å²) in [7, 11) is 0. The summed E-state index contributed by atoms with van der Waals surface area (Å²) in [5.41, 5.74) is 4.40. The predicted molar refractivity (Wildman–Crippen MR) is 132 cm³/mol. The van der Waals surface area contributed by atoms with Crippen LogP contribution >= 0.6 is 0 Å². The Morgan fingerprint density at radius 1 is 0.971 bits per heavy atom. The van der Waals surface area contributed by atoms with Gasteiger partial charge in [-0.3, -0.25) is 0 Å². The van der Waals surface area contributed by atoms with Crippen LogP contribution in [-0.4, -0.2) is 30.3 Å². The van der Waals surface area contributed by atoms with E-state index in [2.05, 4.69) is 29.6 Å². The molecule has 5 rings (SSSR count). The van der Waals surface area contributed by atoms with Crippen LogP contribution in [0.25, 0.3) is 28.2 Å². The monoisotopic (exact) mass is 467 g/mol. The number of carbonyl (C=O) groups is 2. The molecule has 0 saturated heterocycles. The van der Waals surface area contributed by atoms with Crippen molar-refractivity contribution in [3.8, 4) is 11.1 Å². The highest BCUT2D eigenvalue weighted by Crippen LogP contribution is 2.44. The number of alkyl carbamates (subject to hydrolysis) is 1. The van der Waals surface area contributed by atoms with Gasteiger partial charge < -0.3 is 19.6 Å². The van der Waals surface area contributed by atoms with Gasteiger partial charge in [0.1, 0.15) is 17.8 Å². The molecule has 3 aromatic carbocycles. The van der Waals surface area contributed by atoms with E-state index in [-0.39, 0.29) is 19.1 Å². The molecule has 1 aliphatic rings. The number of rotatable bonds is 6. The molecule has 174 valence electrons. The van der Waals surface area contributed by atoms with Gasteiger partial charge in [0.05, 0.1) is 0 Å². The number of hydrogen-bond donors (Lipinski definition) is 2. The van der Waals surface area contributed by atoms with Gasteiger partial charge in [0.15, 0.2) is 0 Å². The number of carboxylic acid groups (broad SMARTS) is 1. The summed E-state index contributed by atoms with van der Waals surface area (Å²) in [6, 6.07) is 22.6. The number of benzene rings is 3. The van der Waals surface area contributed by atoms with Crippen molar-refractivity contribution in [2.75, 3.05) is 13.2 Å². The molecule has 0 saturated carbocycles. The van der Waals surface area contributed by atoms with Crippen molar-refractivity contribution in [2.24, 2.45) is 0 Å². The quantitative estimate of drug-likeness (QED) is 0.385. The van der Waals surface area contributed by atoms with E-state index < -0.39 is 23.3 Å². The van der Waals surface area contributed by atoms with Crippen LogP contribution in [0.1, 0.15) is 33.0 Å². The van der Waals surface area contributed by atoms with Gasteiger partial charge in [-0.1, -0.05) is 66.7 Å². The second-order valence-electron chi connectivity index (χ2n) is 8.16. The first-order valence-corrected chi connectivity index (χ1v) is 11.1. The molecule has 2 N–H and O–H groups in total. The van der Waals surface area contributed by atoms with Gasteiger partial charge >= 0.3 is 17.7 Å². The van der Waals surface area contributed by atoms with E-state index in [1.807, 2.05) is 24.3 Å². The summed E-state index contributed by atoms with van der Waals surface area (Å²) in [6.07, 6.45) is 3.01. The van der Waals surface area contributed by atoms with Crippen LogP contribution in [-0.2, 0) is 4.74 Å². The van der Waals surface area contributed by atoms with Crippen molar-refractivity contribution in [2.45, 2.75) is 5.92 Å². The molecule has 0 spiro atoms. The summed E-state index contributed by atoms with van der Waals surface area (Å²) in [4.78, 5) is 35.1. The van der Waals surface area contributed by atoms with E-state index >= 15 is 0 Å². The summed E-state index contributed by atoms with van der Waals surface area (Å²) < 4.78 is 10.6. The number of hydrogen-bond acceptors (Lipinski definition) is 5. The average molecular weight is 467 g/mol. The fourth-order valence-electron chi connectivity index (χ4n) is 4.38. The van der Waals surface area contributed by atoms with Crippen LogP contribution in [0.4, 0.5) is 4.79 Å². The summed E-state index contributed by atoms with van der Waals surface area (Å²) in [5, 5.41) is 12.3. The Bertz CT molecular complexity index is 1490. The molecule has 0 radical (unpaired) electrons. The number of nitrogens with one attached hydrogen (secondary N) is 1.